The van der Waals surface area contributed by atoms with E-state index in [1.165, 1.54) is 30.5 Å². The molecule has 1 unspecified atom stereocenters. The average Bonchev–Trinajstić information content (AvgIpc) is 2.67. The molecule has 1 aliphatic heterocycles. The summed E-state index contributed by atoms with van der Waals surface area (Å²) in [5.74, 6) is 1.66. The van der Waals surface area contributed by atoms with E-state index in [0.717, 1.165) is 36.5 Å². The van der Waals surface area contributed by atoms with Gasteiger partial charge in [0.25, 0.3) is 0 Å². The fraction of sp³-hybridized carbons (Fsp3) is 0.647. The summed E-state index contributed by atoms with van der Waals surface area (Å²) < 4.78 is 0. The molecule has 1 atom stereocenters. The lowest BCUT2D eigenvalue weighted by Gasteiger charge is -2.26. The van der Waals surface area contributed by atoms with Crippen molar-refractivity contribution in [2.75, 3.05) is 25.0 Å². The molecule has 1 heterocycles. The van der Waals surface area contributed by atoms with Gasteiger partial charge in [0.2, 0.25) is 0 Å². The second-order valence-corrected chi connectivity index (χ2v) is 6.60. The van der Waals surface area contributed by atoms with Gasteiger partial charge in [-0.2, -0.15) is 0 Å². The molecule has 3 heteroatoms. The number of halogens is 1. The number of benzene rings is 1. The van der Waals surface area contributed by atoms with E-state index in [1.54, 1.807) is 0 Å². The topological polar surface area (TPSA) is 15.3 Å². The second-order valence-electron chi connectivity index (χ2n) is 6.19. The monoisotopic (exact) mass is 294 g/mol. The van der Waals surface area contributed by atoms with Crippen LogP contribution in [0, 0.1) is 11.8 Å². The van der Waals surface area contributed by atoms with E-state index in [2.05, 4.69) is 36.2 Å². The molecule has 0 spiro atoms. The van der Waals surface area contributed by atoms with Gasteiger partial charge in [-0.15, -0.1) is 0 Å². The molecule has 2 rings (SSSR count). The minimum atomic E-state index is 0.797. The Morgan fingerprint density at radius 1 is 1.30 bits per heavy atom. The SMILES string of the molecule is CNCc1c(Cl)cccc1N1CCCC(C(C)C)CC1. The number of anilines is 1. The number of rotatable bonds is 4. The predicted octanol–water partition coefficient (Wildman–Crippen LogP) is 4.32. The number of hydrogen-bond donors (Lipinski definition) is 1. The minimum Gasteiger partial charge on any atom is -0.371 e. The molecule has 2 nitrogen and oxygen atoms in total. The molecule has 1 aromatic rings. The summed E-state index contributed by atoms with van der Waals surface area (Å²) in [6.07, 6.45) is 3.94. The summed E-state index contributed by atoms with van der Waals surface area (Å²) in [4.78, 5) is 2.53. The fourth-order valence-electron chi connectivity index (χ4n) is 3.23. The molecule has 0 radical (unpaired) electrons. The Kier molecular flexibility index (Phi) is 5.74. The van der Waals surface area contributed by atoms with E-state index in [9.17, 15) is 0 Å². The van der Waals surface area contributed by atoms with E-state index in [1.807, 2.05) is 13.1 Å². The molecule has 0 saturated carbocycles. The maximum Gasteiger partial charge on any atom is 0.0471 e. The summed E-state index contributed by atoms with van der Waals surface area (Å²) in [7, 11) is 1.98. The Balaban J connectivity index is 2.17. The number of nitrogens with one attached hydrogen (secondary N) is 1. The Morgan fingerprint density at radius 2 is 2.10 bits per heavy atom. The van der Waals surface area contributed by atoms with Crippen molar-refractivity contribution in [3.8, 4) is 0 Å². The molecule has 0 bridgehead atoms. The van der Waals surface area contributed by atoms with Gasteiger partial charge in [0.15, 0.2) is 0 Å². The first-order chi connectivity index (χ1) is 9.63. The van der Waals surface area contributed by atoms with Gasteiger partial charge in [-0.05, 0) is 50.3 Å². The highest BCUT2D eigenvalue weighted by atomic mass is 35.5. The van der Waals surface area contributed by atoms with Crippen LogP contribution in [0.5, 0.6) is 0 Å². The van der Waals surface area contributed by atoms with Crippen molar-refractivity contribution >= 4 is 17.3 Å². The van der Waals surface area contributed by atoms with Gasteiger partial charge < -0.3 is 10.2 Å². The van der Waals surface area contributed by atoms with Crippen molar-refractivity contribution in [2.24, 2.45) is 11.8 Å². The van der Waals surface area contributed by atoms with Crippen LogP contribution >= 0.6 is 11.6 Å². The molecule has 1 aliphatic rings. The normalized spacial score (nSPS) is 20.2. The third-order valence-corrected chi connectivity index (χ3v) is 4.86. The Hall–Kier alpha value is -0.730. The van der Waals surface area contributed by atoms with E-state index in [0.29, 0.717) is 0 Å². The van der Waals surface area contributed by atoms with E-state index < -0.39 is 0 Å². The maximum atomic E-state index is 6.38. The Morgan fingerprint density at radius 3 is 2.80 bits per heavy atom. The first-order valence-electron chi connectivity index (χ1n) is 7.80. The molecule has 1 N–H and O–H groups in total. The highest BCUT2D eigenvalue weighted by molar-refractivity contribution is 6.31. The molecule has 20 heavy (non-hydrogen) atoms. The summed E-state index contributed by atoms with van der Waals surface area (Å²) in [5, 5.41) is 4.11. The van der Waals surface area contributed by atoms with Gasteiger partial charge in [0.1, 0.15) is 0 Å². The Labute approximate surface area is 128 Å². The molecular weight excluding hydrogens is 268 g/mol. The van der Waals surface area contributed by atoms with Crippen LogP contribution in [0.25, 0.3) is 0 Å². The summed E-state index contributed by atoms with van der Waals surface area (Å²) in [6, 6.07) is 6.28. The van der Waals surface area contributed by atoms with Gasteiger partial charge in [-0.3, -0.25) is 0 Å². The third-order valence-electron chi connectivity index (χ3n) is 4.50. The average molecular weight is 295 g/mol. The zero-order chi connectivity index (χ0) is 14.5. The summed E-state index contributed by atoms with van der Waals surface area (Å²) in [6.45, 7) is 7.84. The molecule has 0 aromatic heterocycles. The van der Waals surface area contributed by atoms with Crippen LogP contribution in [0.3, 0.4) is 0 Å². The van der Waals surface area contributed by atoms with Crippen LogP contribution in [-0.2, 0) is 6.54 Å². The van der Waals surface area contributed by atoms with Crippen molar-refractivity contribution in [1.82, 2.24) is 5.32 Å². The van der Waals surface area contributed by atoms with E-state index >= 15 is 0 Å². The van der Waals surface area contributed by atoms with Crippen molar-refractivity contribution in [3.63, 3.8) is 0 Å². The van der Waals surface area contributed by atoms with Crippen molar-refractivity contribution < 1.29 is 0 Å². The highest BCUT2D eigenvalue weighted by Gasteiger charge is 2.21. The molecular formula is C17H27ClN2. The van der Waals surface area contributed by atoms with Crippen LogP contribution in [0.1, 0.15) is 38.7 Å². The molecule has 112 valence electrons. The summed E-state index contributed by atoms with van der Waals surface area (Å²) >= 11 is 6.38. The minimum absolute atomic E-state index is 0.797. The lowest BCUT2D eigenvalue weighted by Crippen LogP contribution is -2.26. The van der Waals surface area contributed by atoms with Crippen LogP contribution in [0.4, 0.5) is 5.69 Å². The van der Waals surface area contributed by atoms with Crippen molar-refractivity contribution in [3.05, 3.63) is 28.8 Å². The van der Waals surface area contributed by atoms with Crippen molar-refractivity contribution in [2.45, 2.75) is 39.7 Å². The molecule has 1 saturated heterocycles. The maximum absolute atomic E-state index is 6.38. The zero-order valence-electron chi connectivity index (χ0n) is 13.0. The van der Waals surface area contributed by atoms with Gasteiger partial charge >= 0.3 is 0 Å². The largest absolute Gasteiger partial charge is 0.371 e. The lowest BCUT2D eigenvalue weighted by atomic mass is 9.89. The molecule has 1 fully saturated rings. The van der Waals surface area contributed by atoms with Gasteiger partial charge in [0.05, 0.1) is 0 Å². The smallest absolute Gasteiger partial charge is 0.0471 e. The third kappa shape index (κ3) is 3.67. The first-order valence-corrected chi connectivity index (χ1v) is 8.18. The van der Waals surface area contributed by atoms with Gasteiger partial charge in [-0.25, -0.2) is 0 Å². The van der Waals surface area contributed by atoms with Crippen molar-refractivity contribution in [1.29, 1.82) is 0 Å². The van der Waals surface area contributed by atoms with Crippen LogP contribution in [-0.4, -0.2) is 20.1 Å². The fourth-order valence-corrected chi connectivity index (χ4v) is 3.46. The van der Waals surface area contributed by atoms with E-state index in [4.69, 9.17) is 11.6 Å². The Bertz CT molecular complexity index is 431. The number of hydrogen-bond acceptors (Lipinski definition) is 2. The molecule has 0 aliphatic carbocycles. The second kappa shape index (κ2) is 7.33. The van der Waals surface area contributed by atoms with Crippen LogP contribution < -0.4 is 10.2 Å². The highest BCUT2D eigenvalue weighted by Crippen LogP contribution is 2.31. The molecule has 0 amide bonds. The molecule has 1 aromatic carbocycles. The quantitative estimate of drug-likeness (QED) is 0.889. The number of nitrogens with zero attached hydrogens (tertiary/aromatic N) is 1. The van der Waals surface area contributed by atoms with Crippen LogP contribution in [0.2, 0.25) is 5.02 Å². The van der Waals surface area contributed by atoms with E-state index in [-0.39, 0.29) is 0 Å². The zero-order valence-corrected chi connectivity index (χ0v) is 13.7. The van der Waals surface area contributed by atoms with Gasteiger partial charge in [-0.1, -0.05) is 31.5 Å². The predicted molar refractivity (Wildman–Crippen MR) is 88.6 cm³/mol. The standard InChI is InChI=1S/C17H27ClN2/c1-13(2)14-6-5-10-20(11-9-14)17-8-4-7-16(18)15(17)12-19-3/h4,7-8,13-14,19H,5-6,9-12H2,1-3H3. The van der Waals surface area contributed by atoms with Gasteiger partial charge in [0, 0.05) is 35.9 Å². The lowest BCUT2D eigenvalue weighted by molar-refractivity contribution is 0.351. The first kappa shape index (κ1) is 15.7. The van der Waals surface area contributed by atoms with Crippen LogP contribution in [0.15, 0.2) is 18.2 Å². The summed E-state index contributed by atoms with van der Waals surface area (Å²) in [5.41, 5.74) is 2.55.